The molecule has 0 heterocycles. The SMILES string of the molecule is C=CC(=O)OC12CCC(C1)C1CC(C)CC12. The minimum atomic E-state index is -0.221. The molecule has 0 spiro atoms. The highest BCUT2D eigenvalue weighted by atomic mass is 16.6. The second-order valence-corrected chi connectivity index (χ2v) is 6.04. The van der Waals surface area contributed by atoms with E-state index in [1.54, 1.807) is 0 Å². The lowest BCUT2D eigenvalue weighted by atomic mass is 9.79. The lowest BCUT2D eigenvalue weighted by Gasteiger charge is -2.35. The van der Waals surface area contributed by atoms with Crippen molar-refractivity contribution in [2.75, 3.05) is 0 Å². The fourth-order valence-electron chi connectivity index (χ4n) is 4.65. The summed E-state index contributed by atoms with van der Waals surface area (Å²) < 4.78 is 5.74. The Morgan fingerprint density at radius 3 is 3.06 bits per heavy atom. The van der Waals surface area contributed by atoms with Crippen molar-refractivity contribution in [3.05, 3.63) is 12.7 Å². The molecule has 88 valence electrons. The molecule has 3 aliphatic carbocycles. The van der Waals surface area contributed by atoms with E-state index in [0.29, 0.717) is 5.92 Å². The van der Waals surface area contributed by atoms with Gasteiger partial charge in [-0.2, -0.15) is 0 Å². The molecule has 16 heavy (non-hydrogen) atoms. The third-order valence-corrected chi connectivity index (χ3v) is 5.15. The van der Waals surface area contributed by atoms with Gasteiger partial charge in [-0.05, 0) is 49.9 Å². The topological polar surface area (TPSA) is 26.3 Å². The average Bonchev–Trinajstić information content (AvgIpc) is 2.87. The Bertz CT molecular complexity index is 336. The van der Waals surface area contributed by atoms with Crippen LogP contribution in [0.1, 0.15) is 39.0 Å². The molecule has 5 unspecified atom stereocenters. The van der Waals surface area contributed by atoms with Gasteiger partial charge < -0.3 is 4.74 Å². The van der Waals surface area contributed by atoms with E-state index in [0.717, 1.165) is 30.6 Å². The Kier molecular flexibility index (Phi) is 2.17. The first kappa shape index (κ1) is 10.4. The predicted octanol–water partition coefficient (Wildman–Crippen LogP) is 2.93. The molecule has 3 rings (SSSR count). The van der Waals surface area contributed by atoms with Gasteiger partial charge in [-0.15, -0.1) is 0 Å². The lowest BCUT2D eigenvalue weighted by Crippen LogP contribution is -2.38. The highest BCUT2D eigenvalue weighted by Gasteiger charge is 2.62. The minimum absolute atomic E-state index is 0.106. The van der Waals surface area contributed by atoms with Gasteiger partial charge >= 0.3 is 5.97 Å². The molecule has 0 radical (unpaired) electrons. The van der Waals surface area contributed by atoms with Crippen molar-refractivity contribution in [3.8, 4) is 0 Å². The zero-order chi connectivity index (χ0) is 11.3. The quantitative estimate of drug-likeness (QED) is 0.528. The smallest absolute Gasteiger partial charge is 0.330 e. The van der Waals surface area contributed by atoms with Crippen LogP contribution < -0.4 is 0 Å². The van der Waals surface area contributed by atoms with Gasteiger partial charge in [0.15, 0.2) is 0 Å². The number of esters is 1. The zero-order valence-electron chi connectivity index (χ0n) is 9.95. The Morgan fingerprint density at radius 2 is 2.31 bits per heavy atom. The van der Waals surface area contributed by atoms with Gasteiger partial charge in [0.25, 0.3) is 0 Å². The second kappa shape index (κ2) is 3.35. The van der Waals surface area contributed by atoms with Crippen LogP contribution in [0.15, 0.2) is 12.7 Å². The maximum Gasteiger partial charge on any atom is 0.330 e. The fourth-order valence-corrected chi connectivity index (χ4v) is 4.65. The molecular weight excluding hydrogens is 200 g/mol. The number of hydrogen-bond acceptors (Lipinski definition) is 2. The summed E-state index contributed by atoms with van der Waals surface area (Å²) in [7, 11) is 0. The van der Waals surface area contributed by atoms with Crippen LogP contribution in [0.4, 0.5) is 0 Å². The van der Waals surface area contributed by atoms with E-state index < -0.39 is 0 Å². The average molecular weight is 220 g/mol. The van der Waals surface area contributed by atoms with Crippen molar-refractivity contribution >= 4 is 5.97 Å². The number of carbonyl (C=O) groups excluding carboxylic acids is 1. The minimum Gasteiger partial charge on any atom is -0.456 e. The van der Waals surface area contributed by atoms with Crippen LogP contribution in [0.5, 0.6) is 0 Å². The third-order valence-electron chi connectivity index (χ3n) is 5.15. The molecule has 5 atom stereocenters. The van der Waals surface area contributed by atoms with Crippen LogP contribution >= 0.6 is 0 Å². The van der Waals surface area contributed by atoms with E-state index in [-0.39, 0.29) is 11.6 Å². The standard InChI is InChI=1S/C14H20O2/c1-3-13(15)16-14-5-4-10(8-14)11-6-9(2)7-12(11)14/h3,9-12H,1,4-8H2,2H3. The van der Waals surface area contributed by atoms with E-state index in [2.05, 4.69) is 13.5 Å². The number of ether oxygens (including phenoxy) is 1. The van der Waals surface area contributed by atoms with Gasteiger partial charge in [-0.3, -0.25) is 0 Å². The Morgan fingerprint density at radius 1 is 1.50 bits per heavy atom. The maximum absolute atomic E-state index is 11.5. The van der Waals surface area contributed by atoms with Crippen molar-refractivity contribution in [1.29, 1.82) is 0 Å². The number of fused-ring (bicyclic) bond motifs is 5. The first-order chi connectivity index (χ1) is 7.64. The normalized spacial score (nSPS) is 49.1. The number of rotatable bonds is 2. The zero-order valence-corrected chi connectivity index (χ0v) is 9.95. The monoisotopic (exact) mass is 220 g/mol. The van der Waals surface area contributed by atoms with Crippen LogP contribution in [-0.4, -0.2) is 11.6 Å². The highest BCUT2D eigenvalue weighted by molar-refractivity contribution is 5.81. The molecule has 3 aliphatic rings. The Labute approximate surface area is 97.1 Å². The summed E-state index contributed by atoms with van der Waals surface area (Å²) in [6, 6.07) is 0. The Balaban J connectivity index is 1.84. The molecule has 0 aliphatic heterocycles. The molecule has 2 nitrogen and oxygen atoms in total. The van der Waals surface area contributed by atoms with Crippen LogP contribution in [0.3, 0.4) is 0 Å². The summed E-state index contributed by atoms with van der Waals surface area (Å²) in [4.78, 5) is 11.5. The van der Waals surface area contributed by atoms with Crippen LogP contribution in [-0.2, 0) is 9.53 Å². The van der Waals surface area contributed by atoms with Crippen molar-refractivity contribution in [2.24, 2.45) is 23.7 Å². The van der Waals surface area contributed by atoms with Gasteiger partial charge in [-0.25, -0.2) is 4.79 Å². The molecule has 2 bridgehead atoms. The number of carbonyl (C=O) groups is 1. The third kappa shape index (κ3) is 1.28. The molecule has 3 saturated carbocycles. The van der Waals surface area contributed by atoms with Crippen LogP contribution in [0.25, 0.3) is 0 Å². The van der Waals surface area contributed by atoms with E-state index in [9.17, 15) is 4.79 Å². The molecule has 3 fully saturated rings. The van der Waals surface area contributed by atoms with Crippen molar-refractivity contribution < 1.29 is 9.53 Å². The Hall–Kier alpha value is -0.790. The van der Waals surface area contributed by atoms with Gasteiger partial charge in [-0.1, -0.05) is 13.5 Å². The lowest BCUT2D eigenvalue weighted by molar-refractivity contribution is -0.158. The summed E-state index contributed by atoms with van der Waals surface area (Å²) in [5.41, 5.74) is -0.106. The molecule has 0 aromatic rings. The molecule has 0 saturated heterocycles. The van der Waals surface area contributed by atoms with Crippen molar-refractivity contribution in [3.63, 3.8) is 0 Å². The fraction of sp³-hybridized carbons (Fsp3) is 0.786. The molecule has 0 amide bonds. The molecular formula is C14H20O2. The summed E-state index contributed by atoms with van der Waals surface area (Å²) in [6.07, 6.45) is 7.39. The van der Waals surface area contributed by atoms with Gasteiger partial charge in [0.2, 0.25) is 0 Å². The van der Waals surface area contributed by atoms with E-state index in [4.69, 9.17) is 4.74 Å². The van der Waals surface area contributed by atoms with Gasteiger partial charge in [0.1, 0.15) is 5.60 Å². The largest absolute Gasteiger partial charge is 0.456 e. The van der Waals surface area contributed by atoms with E-state index >= 15 is 0 Å². The molecule has 0 N–H and O–H groups in total. The first-order valence-electron chi connectivity index (χ1n) is 6.50. The van der Waals surface area contributed by atoms with Crippen molar-refractivity contribution in [2.45, 2.75) is 44.6 Å². The van der Waals surface area contributed by atoms with E-state index in [1.807, 2.05) is 0 Å². The van der Waals surface area contributed by atoms with E-state index in [1.165, 1.54) is 25.3 Å². The van der Waals surface area contributed by atoms with Gasteiger partial charge in [0, 0.05) is 12.0 Å². The predicted molar refractivity (Wildman–Crippen MR) is 61.7 cm³/mol. The summed E-state index contributed by atoms with van der Waals surface area (Å²) >= 11 is 0. The highest BCUT2D eigenvalue weighted by Crippen LogP contribution is 2.63. The summed E-state index contributed by atoms with van der Waals surface area (Å²) in [5, 5.41) is 0. The molecule has 2 heteroatoms. The molecule has 0 aromatic heterocycles. The van der Waals surface area contributed by atoms with Crippen molar-refractivity contribution in [1.82, 2.24) is 0 Å². The second-order valence-electron chi connectivity index (χ2n) is 6.04. The maximum atomic E-state index is 11.5. The summed E-state index contributed by atoms with van der Waals surface area (Å²) in [5.74, 6) is 2.90. The van der Waals surface area contributed by atoms with Crippen LogP contribution in [0, 0.1) is 23.7 Å². The summed E-state index contributed by atoms with van der Waals surface area (Å²) in [6.45, 7) is 5.84. The molecule has 0 aromatic carbocycles. The van der Waals surface area contributed by atoms with Gasteiger partial charge in [0.05, 0.1) is 0 Å². The number of hydrogen-bond donors (Lipinski definition) is 0. The first-order valence-corrected chi connectivity index (χ1v) is 6.50. The van der Waals surface area contributed by atoms with Crippen LogP contribution in [0.2, 0.25) is 0 Å².